The minimum Gasteiger partial charge on any atom is -0.493 e. The molecule has 3 aromatic rings. The predicted octanol–water partition coefficient (Wildman–Crippen LogP) is 4.07. The molecule has 2 aromatic heterocycles. The van der Waals surface area contributed by atoms with Crippen LogP contribution >= 0.6 is 0 Å². The third kappa shape index (κ3) is 4.76. The topological polar surface area (TPSA) is 117 Å². The molecule has 4 rings (SSSR count). The van der Waals surface area contributed by atoms with E-state index in [-0.39, 0.29) is 23.7 Å². The lowest BCUT2D eigenvalue weighted by molar-refractivity contribution is -0.145. The monoisotopic (exact) mass is 478 g/mol. The number of aryl methyl sites for hydroxylation is 1. The first-order chi connectivity index (χ1) is 16.1. The molecule has 1 saturated carbocycles. The third-order valence-electron chi connectivity index (χ3n) is 5.64. The maximum Gasteiger partial charge on any atom is 0.451 e. The number of fused-ring (bicyclic) bond motifs is 1. The van der Waals surface area contributed by atoms with Crippen molar-refractivity contribution < 1.29 is 27.4 Å². The van der Waals surface area contributed by atoms with Crippen LogP contribution in [-0.2, 0) is 10.9 Å². The Balaban J connectivity index is 1.71. The van der Waals surface area contributed by atoms with Crippen LogP contribution in [-0.4, -0.2) is 46.4 Å². The van der Waals surface area contributed by atoms with E-state index in [1.165, 1.54) is 13.2 Å². The van der Waals surface area contributed by atoms with Gasteiger partial charge in [0.25, 0.3) is 0 Å². The molecule has 12 heteroatoms. The molecule has 9 nitrogen and oxygen atoms in total. The van der Waals surface area contributed by atoms with Gasteiger partial charge < -0.3 is 25.3 Å². The van der Waals surface area contributed by atoms with Crippen LogP contribution in [0.1, 0.15) is 43.1 Å². The molecule has 3 atom stereocenters. The van der Waals surface area contributed by atoms with E-state index in [1.54, 1.807) is 33.1 Å². The number of rotatable bonds is 7. The molecular weight excluding hydrogens is 453 g/mol. The zero-order valence-corrected chi connectivity index (χ0v) is 19.1. The molecule has 34 heavy (non-hydrogen) atoms. The van der Waals surface area contributed by atoms with Gasteiger partial charge in [0.2, 0.25) is 5.82 Å². The summed E-state index contributed by atoms with van der Waals surface area (Å²) in [4.78, 5) is 15.9. The number of nitrogens with zero attached hydrogens (tertiary/aromatic N) is 4. The Morgan fingerprint density at radius 3 is 2.38 bits per heavy atom. The molecule has 2 unspecified atom stereocenters. The molecular formula is C22H25F3N6O3. The van der Waals surface area contributed by atoms with Crippen molar-refractivity contribution in [1.82, 2.24) is 19.9 Å². The SMILES string of the molecule is COc1cc2nc(C)nc(N[C@H](C)c3cc(N)nc(C(F)(F)F)n3)c2cc1OC1CCC1OC. The van der Waals surface area contributed by atoms with Crippen molar-refractivity contribution in [1.29, 1.82) is 0 Å². The van der Waals surface area contributed by atoms with Crippen LogP contribution in [0.25, 0.3) is 10.9 Å². The fraction of sp³-hybridized carbons (Fsp3) is 0.455. The van der Waals surface area contributed by atoms with Crippen molar-refractivity contribution in [3.05, 3.63) is 35.5 Å². The smallest absolute Gasteiger partial charge is 0.451 e. The van der Waals surface area contributed by atoms with Crippen molar-refractivity contribution in [3.63, 3.8) is 0 Å². The number of methoxy groups -OCH3 is 2. The number of benzene rings is 1. The van der Waals surface area contributed by atoms with Crippen molar-refractivity contribution in [3.8, 4) is 11.5 Å². The zero-order chi connectivity index (χ0) is 24.6. The van der Waals surface area contributed by atoms with Gasteiger partial charge in [0.1, 0.15) is 23.6 Å². The summed E-state index contributed by atoms with van der Waals surface area (Å²) in [6, 6.07) is 4.12. The molecule has 1 fully saturated rings. The van der Waals surface area contributed by atoms with Crippen LogP contribution in [0.4, 0.5) is 24.8 Å². The summed E-state index contributed by atoms with van der Waals surface area (Å²) >= 11 is 0. The average Bonchev–Trinajstić information content (AvgIpc) is 2.75. The Morgan fingerprint density at radius 1 is 1.03 bits per heavy atom. The van der Waals surface area contributed by atoms with Gasteiger partial charge in [0, 0.05) is 24.6 Å². The number of nitrogens with one attached hydrogen (secondary N) is 1. The van der Waals surface area contributed by atoms with Gasteiger partial charge in [0.15, 0.2) is 11.5 Å². The number of hydrogen-bond acceptors (Lipinski definition) is 9. The molecule has 0 amide bonds. The Morgan fingerprint density at radius 2 is 1.76 bits per heavy atom. The van der Waals surface area contributed by atoms with E-state index >= 15 is 0 Å². The number of halogens is 3. The molecule has 0 bridgehead atoms. The summed E-state index contributed by atoms with van der Waals surface area (Å²) in [7, 11) is 3.18. The lowest BCUT2D eigenvalue weighted by Crippen LogP contribution is -2.42. The average molecular weight is 478 g/mol. The number of aromatic nitrogens is 4. The van der Waals surface area contributed by atoms with Crippen molar-refractivity contribution in [2.45, 2.75) is 51.1 Å². The normalized spacial score (nSPS) is 18.9. The van der Waals surface area contributed by atoms with Gasteiger partial charge in [-0.3, -0.25) is 0 Å². The molecule has 182 valence electrons. The molecule has 1 aliphatic carbocycles. The fourth-order valence-electron chi connectivity index (χ4n) is 3.73. The van der Waals surface area contributed by atoms with Gasteiger partial charge in [-0.1, -0.05) is 0 Å². The highest BCUT2D eigenvalue weighted by Crippen LogP contribution is 2.38. The third-order valence-corrected chi connectivity index (χ3v) is 5.64. The lowest BCUT2D eigenvalue weighted by atomic mass is 9.92. The number of ether oxygens (including phenoxy) is 3. The number of nitrogen functional groups attached to an aromatic ring is 1. The van der Waals surface area contributed by atoms with E-state index in [9.17, 15) is 13.2 Å². The molecule has 0 aliphatic heterocycles. The molecule has 1 aliphatic rings. The fourth-order valence-corrected chi connectivity index (χ4v) is 3.73. The summed E-state index contributed by atoms with van der Waals surface area (Å²) < 4.78 is 56.5. The van der Waals surface area contributed by atoms with Crippen molar-refractivity contribution in [2.24, 2.45) is 0 Å². The van der Waals surface area contributed by atoms with E-state index in [0.29, 0.717) is 34.0 Å². The van der Waals surface area contributed by atoms with Gasteiger partial charge >= 0.3 is 6.18 Å². The Labute approximate surface area is 193 Å². The van der Waals surface area contributed by atoms with Gasteiger partial charge in [-0.05, 0) is 32.8 Å². The van der Waals surface area contributed by atoms with E-state index in [4.69, 9.17) is 19.9 Å². The van der Waals surface area contributed by atoms with Gasteiger partial charge in [-0.2, -0.15) is 13.2 Å². The van der Waals surface area contributed by atoms with Crippen LogP contribution in [0, 0.1) is 6.92 Å². The number of anilines is 2. The minimum absolute atomic E-state index is 0.00154. The maximum atomic E-state index is 13.2. The largest absolute Gasteiger partial charge is 0.493 e. The van der Waals surface area contributed by atoms with Crippen LogP contribution in [0.2, 0.25) is 0 Å². The predicted molar refractivity (Wildman–Crippen MR) is 119 cm³/mol. The maximum absolute atomic E-state index is 13.2. The quantitative estimate of drug-likeness (QED) is 0.518. The highest BCUT2D eigenvalue weighted by atomic mass is 19.4. The summed E-state index contributed by atoms with van der Waals surface area (Å²) in [5.41, 5.74) is 6.26. The number of alkyl halides is 3. The molecule has 0 saturated heterocycles. The molecule has 0 radical (unpaired) electrons. The van der Waals surface area contributed by atoms with E-state index in [1.807, 2.05) is 0 Å². The first-order valence-electron chi connectivity index (χ1n) is 10.6. The van der Waals surface area contributed by atoms with E-state index < -0.39 is 18.0 Å². The van der Waals surface area contributed by atoms with Crippen LogP contribution in [0.15, 0.2) is 18.2 Å². The van der Waals surface area contributed by atoms with Gasteiger partial charge in [0.05, 0.1) is 30.5 Å². The highest BCUT2D eigenvalue weighted by Gasteiger charge is 2.36. The highest BCUT2D eigenvalue weighted by molar-refractivity contribution is 5.92. The first kappa shape index (κ1) is 23.7. The van der Waals surface area contributed by atoms with Gasteiger partial charge in [-0.15, -0.1) is 0 Å². The van der Waals surface area contributed by atoms with Crippen LogP contribution in [0.5, 0.6) is 11.5 Å². The van der Waals surface area contributed by atoms with Gasteiger partial charge in [-0.25, -0.2) is 19.9 Å². The molecule has 3 N–H and O–H groups in total. The first-order valence-corrected chi connectivity index (χ1v) is 10.6. The standard InChI is InChI=1S/C22H25F3N6O3/c1-10(13-9-19(26)31-21(30-13)22(23,24)25)27-20-12-7-18(34-16-6-5-15(16)32-3)17(33-4)8-14(12)28-11(2)29-20/h7-10,15-16H,5-6H2,1-4H3,(H2,26,30,31)(H,27,28,29)/t10-,15?,16?/m1/s1. The Hall–Kier alpha value is -3.41. The van der Waals surface area contributed by atoms with Crippen LogP contribution < -0.4 is 20.5 Å². The summed E-state index contributed by atoms with van der Waals surface area (Å²) in [5, 5.41) is 3.74. The van der Waals surface area contributed by atoms with E-state index in [0.717, 1.165) is 12.8 Å². The molecule has 0 spiro atoms. The second-order valence-electron chi connectivity index (χ2n) is 8.05. The second-order valence-corrected chi connectivity index (χ2v) is 8.05. The number of nitrogens with two attached hydrogens (primary N) is 1. The Bertz CT molecular complexity index is 1200. The van der Waals surface area contributed by atoms with Crippen molar-refractivity contribution in [2.75, 3.05) is 25.3 Å². The summed E-state index contributed by atoms with van der Waals surface area (Å²) in [5.74, 6) is 0.303. The lowest BCUT2D eigenvalue weighted by Gasteiger charge is -2.35. The Kier molecular flexibility index (Phi) is 6.34. The number of hydrogen-bond donors (Lipinski definition) is 2. The van der Waals surface area contributed by atoms with Crippen molar-refractivity contribution >= 4 is 22.5 Å². The van der Waals surface area contributed by atoms with E-state index in [2.05, 4.69) is 25.3 Å². The molecule has 2 heterocycles. The zero-order valence-electron chi connectivity index (χ0n) is 19.1. The van der Waals surface area contributed by atoms with Crippen LogP contribution in [0.3, 0.4) is 0 Å². The second kappa shape index (κ2) is 9.09. The minimum atomic E-state index is -4.72. The summed E-state index contributed by atoms with van der Waals surface area (Å²) in [6.07, 6.45) is -3.07. The molecule has 1 aromatic carbocycles. The summed E-state index contributed by atoms with van der Waals surface area (Å²) in [6.45, 7) is 3.37.